The van der Waals surface area contributed by atoms with Gasteiger partial charge in [0.2, 0.25) is 5.88 Å². The average molecular weight is 271 g/mol. The molecule has 4 heteroatoms. The van der Waals surface area contributed by atoms with Crippen LogP contribution in [-0.2, 0) is 5.88 Å². The van der Waals surface area contributed by atoms with E-state index >= 15 is 0 Å². The summed E-state index contributed by atoms with van der Waals surface area (Å²) >= 11 is 5.71. The van der Waals surface area contributed by atoms with E-state index in [0.29, 0.717) is 30.5 Å². The topological polar surface area (TPSA) is 25.4 Å². The molecule has 0 aromatic carbocycles. The summed E-state index contributed by atoms with van der Waals surface area (Å²) < 4.78 is 5.64. The molecule has 0 spiro atoms. The lowest BCUT2D eigenvalue weighted by atomic mass is 10.2. The van der Waals surface area contributed by atoms with E-state index in [0.717, 1.165) is 12.1 Å². The molecule has 0 aliphatic carbocycles. The summed E-state index contributed by atoms with van der Waals surface area (Å²) in [4.78, 5) is 6.61. The Labute approximate surface area is 115 Å². The lowest BCUT2D eigenvalue weighted by molar-refractivity contribution is 0.140. The van der Waals surface area contributed by atoms with Crippen LogP contribution in [0.15, 0.2) is 18.3 Å². The average Bonchev–Trinajstić information content (AvgIpc) is 2.34. The molecule has 0 atom stereocenters. The molecule has 3 nitrogen and oxygen atoms in total. The number of hydrogen-bond acceptors (Lipinski definition) is 3. The first-order chi connectivity index (χ1) is 8.54. The molecule has 1 rings (SSSR count). The summed E-state index contributed by atoms with van der Waals surface area (Å²) in [5.41, 5.74) is 1.01. The van der Waals surface area contributed by atoms with E-state index < -0.39 is 0 Å². The summed E-state index contributed by atoms with van der Waals surface area (Å²) in [7, 11) is 0. The van der Waals surface area contributed by atoms with Gasteiger partial charge in [0.1, 0.15) is 6.61 Å². The van der Waals surface area contributed by atoms with Gasteiger partial charge in [-0.25, -0.2) is 4.98 Å². The van der Waals surface area contributed by atoms with Gasteiger partial charge in [0, 0.05) is 36.8 Å². The lowest BCUT2D eigenvalue weighted by Crippen LogP contribution is -2.39. The smallest absolute Gasteiger partial charge is 0.213 e. The van der Waals surface area contributed by atoms with E-state index in [4.69, 9.17) is 16.3 Å². The molecule has 0 radical (unpaired) electrons. The van der Waals surface area contributed by atoms with E-state index in [-0.39, 0.29) is 0 Å². The van der Waals surface area contributed by atoms with Crippen molar-refractivity contribution in [1.82, 2.24) is 9.88 Å². The Hall–Kier alpha value is -0.800. The maximum Gasteiger partial charge on any atom is 0.213 e. The predicted molar refractivity (Wildman–Crippen MR) is 76.3 cm³/mol. The minimum atomic E-state index is 0.488. The highest BCUT2D eigenvalue weighted by molar-refractivity contribution is 6.17. The van der Waals surface area contributed by atoms with E-state index in [1.807, 2.05) is 12.1 Å². The number of alkyl halides is 1. The van der Waals surface area contributed by atoms with E-state index in [9.17, 15) is 0 Å². The Morgan fingerprint density at radius 1 is 1.22 bits per heavy atom. The maximum atomic E-state index is 5.71. The van der Waals surface area contributed by atoms with Crippen molar-refractivity contribution in [2.24, 2.45) is 0 Å². The van der Waals surface area contributed by atoms with Crippen LogP contribution in [0.2, 0.25) is 0 Å². The van der Waals surface area contributed by atoms with Gasteiger partial charge in [-0.1, -0.05) is 6.07 Å². The number of hydrogen-bond donors (Lipinski definition) is 0. The number of nitrogens with zero attached hydrogens (tertiary/aromatic N) is 2. The molecule has 0 fully saturated rings. The predicted octanol–water partition coefficient (Wildman–Crippen LogP) is 3.32. The minimum absolute atomic E-state index is 0.488. The normalized spacial score (nSPS) is 11.6. The summed E-state index contributed by atoms with van der Waals surface area (Å²) in [6.07, 6.45) is 1.75. The molecule has 1 aromatic heterocycles. The van der Waals surface area contributed by atoms with Gasteiger partial charge in [-0.05, 0) is 33.3 Å². The molecule has 1 heterocycles. The Morgan fingerprint density at radius 3 is 2.33 bits per heavy atom. The van der Waals surface area contributed by atoms with Crippen molar-refractivity contribution < 1.29 is 4.74 Å². The third kappa shape index (κ3) is 4.83. The second kappa shape index (κ2) is 7.59. The molecular formula is C14H23ClN2O. The zero-order chi connectivity index (χ0) is 13.5. The van der Waals surface area contributed by atoms with Gasteiger partial charge < -0.3 is 4.74 Å². The van der Waals surface area contributed by atoms with Crippen LogP contribution in [0.4, 0.5) is 0 Å². The van der Waals surface area contributed by atoms with E-state index in [1.54, 1.807) is 6.20 Å². The van der Waals surface area contributed by atoms with Crippen LogP contribution < -0.4 is 4.74 Å². The highest BCUT2D eigenvalue weighted by Crippen LogP contribution is 2.10. The van der Waals surface area contributed by atoms with Crippen LogP contribution >= 0.6 is 11.6 Å². The Balaban J connectivity index is 2.40. The summed E-state index contributed by atoms with van der Waals surface area (Å²) in [6, 6.07) is 4.87. The summed E-state index contributed by atoms with van der Waals surface area (Å²) in [6.45, 7) is 10.4. The second-order valence-electron chi connectivity index (χ2n) is 4.91. The Morgan fingerprint density at radius 2 is 1.89 bits per heavy atom. The fourth-order valence-electron chi connectivity index (χ4n) is 1.94. The molecule has 0 saturated carbocycles. The summed E-state index contributed by atoms with van der Waals surface area (Å²) in [5, 5.41) is 0. The first kappa shape index (κ1) is 15.3. The minimum Gasteiger partial charge on any atom is -0.476 e. The van der Waals surface area contributed by atoms with Crippen molar-refractivity contribution in [3.05, 3.63) is 23.9 Å². The van der Waals surface area contributed by atoms with Gasteiger partial charge in [0.25, 0.3) is 0 Å². The molecule has 0 saturated heterocycles. The largest absolute Gasteiger partial charge is 0.476 e. The molecule has 1 aromatic rings. The zero-order valence-electron chi connectivity index (χ0n) is 11.7. The fourth-order valence-corrected chi connectivity index (χ4v) is 2.10. The number of aromatic nitrogens is 1. The third-order valence-corrected chi connectivity index (χ3v) is 3.19. The number of rotatable bonds is 7. The van der Waals surface area contributed by atoms with Crippen molar-refractivity contribution in [2.75, 3.05) is 13.2 Å². The number of halogens is 1. The van der Waals surface area contributed by atoms with Crippen molar-refractivity contribution in [3.63, 3.8) is 0 Å². The second-order valence-corrected chi connectivity index (χ2v) is 5.18. The molecule has 0 bridgehead atoms. The Kier molecular flexibility index (Phi) is 6.44. The van der Waals surface area contributed by atoms with Gasteiger partial charge in [-0.2, -0.15) is 0 Å². The van der Waals surface area contributed by atoms with Gasteiger partial charge in [0.05, 0.1) is 0 Å². The number of ether oxygens (including phenoxy) is 1. The van der Waals surface area contributed by atoms with Crippen molar-refractivity contribution in [2.45, 2.75) is 45.7 Å². The fraction of sp³-hybridized carbons (Fsp3) is 0.643. The first-order valence-electron chi connectivity index (χ1n) is 6.44. The van der Waals surface area contributed by atoms with Crippen molar-refractivity contribution in [1.29, 1.82) is 0 Å². The summed E-state index contributed by atoms with van der Waals surface area (Å²) in [5.74, 6) is 1.15. The molecule has 0 aliphatic rings. The van der Waals surface area contributed by atoms with Crippen molar-refractivity contribution >= 4 is 11.6 Å². The monoisotopic (exact) mass is 270 g/mol. The highest BCUT2D eigenvalue weighted by Gasteiger charge is 2.12. The van der Waals surface area contributed by atoms with Crippen LogP contribution in [0.3, 0.4) is 0 Å². The quantitative estimate of drug-likeness (QED) is 0.711. The van der Waals surface area contributed by atoms with Gasteiger partial charge in [-0.3, -0.25) is 4.90 Å². The Bertz CT molecular complexity index is 330. The molecule has 18 heavy (non-hydrogen) atoms. The van der Waals surface area contributed by atoms with Crippen LogP contribution in [0, 0.1) is 0 Å². The molecular weight excluding hydrogens is 248 g/mol. The van der Waals surface area contributed by atoms with Crippen LogP contribution in [0.1, 0.15) is 33.3 Å². The standard InChI is InChI=1S/C14H23ClN2O/c1-11(2)17(12(3)4)7-8-18-14-6-5-13(9-15)10-16-14/h5-6,10-12H,7-9H2,1-4H3. The van der Waals surface area contributed by atoms with Gasteiger partial charge >= 0.3 is 0 Å². The number of pyridine rings is 1. The van der Waals surface area contributed by atoms with Gasteiger partial charge in [0.15, 0.2) is 0 Å². The third-order valence-electron chi connectivity index (χ3n) is 2.88. The van der Waals surface area contributed by atoms with Crippen molar-refractivity contribution in [3.8, 4) is 5.88 Å². The van der Waals surface area contributed by atoms with Crippen LogP contribution in [0.25, 0.3) is 0 Å². The molecule has 102 valence electrons. The zero-order valence-corrected chi connectivity index (χ0v) is 12.4. The van der Waals surface area contributed by atoms with Gasteiger partial charge in [-0.15, -0.1) is 11.6 Å². The van der Waals surface area contributed by atoms with E-state index in [2.05, 4.69) is 37.6 Å². The maximum absolute atomic E-state index is 5.71. The lowest BCUT2D eigenvalue weighted by Gasteiger charge is -2.30. The van der Waals surface area contributed by atoms with E-state index in [1.165, 1.54) is 0 Å². The van der Waals surface area contributed by atoms with Crippen LogP contribution in [0.5, 0.6) is 5.88 Å². The molecule has 0 unspecified atom stereocenters. The first-order valence-corrected chi connectivity index (χ1v) is 6.97. The molecule has 0 amide bonds. The SMILES string of the molecule is CC(C)N(CCOc1ccc(CCl)cn1)C(C)C. The van der Waals surface area contributed by atoms with Crippen LogP contribution in [-0.4, -0.2) is 35.1 Å². The molecule has 0 N–H and O–H groups in total. The molecule has 0 aliphatic heterocycles. The highest BCUT2D eigenvalue weighted by atomic mass is 35.5.